The topological polar surface area (TPSA) is 3.24 Å². The number of nitrogens with zero attached hydrogens (tertiary/aromatic N) is 1. The van der Waals surface area contributed by atoms with E-state index in [1.165, 1.54) is 99.1 Å². The van der Waals surface area contributed by atoms with E-state index in [2.05, 4.69) is 241 Å². The highest BCUT2D eigenvalue weighted by atomic mass is 15.1. The summed E-state index contributed by atoms with van der Waals surface area (Å²) in [6.07, 6.45) is 0. The lowest BCUT2D eigenvalue weighted by molar-refractivity contribution is 0.809. The van der Waals surface area contributed by atoms with Crippen molar-refractivity contribution in [3.63, 3.8) is 0 Å². The van der Waals surface area contributed by atoms with Gasteiger partial charge < -0.3 is 4.90 Å². The normalized spacial score (nSPS) is 13.0. The molecule has 0 saturated carbocycles. The summed E-state index contributed by atoms with van der Waals surface area (Å²) in [5, 5.41) is 7.62. The number of benzene rings is 11. The first-order chi connectivity index (χ1) is 30.8. The molecule has 11 aromatic carbocycles. The number of anilines is 3. The van der Waals surface area contributed by atoms with Gasteiger partial charge in [-0.15, -0.1) is 0 Å². The van der Waals surface area contributed by atoms with Crippen molar-refractivity contribution in [1.82, 2.24) is 0 Å². The van der Waals surface area contributed by atoms with E-state index in [0.29, 0.717) is 0 Å². The summed E-state index contributed by atoms with van der Waals surface area (Å²) in [5.74, 6) is 0. The summed E-state index contributed by atoms with van der Waals surface area (Å²) in [5.41, 5.74) is 18.2. The lowest BCUT2D eigenvalue weighted by Gasteiger charge is -2.34. The molecule has 1 heteroatoms. The average Bonchev–Trinajstić information content (AvgIpc) is 3.83. The molecule has 0 fully saturated rings. The van der Waals surface area contributed by atoms with Crippen molar-refractivity contribution in [2.75, 3.05) is 4.90 Å². The van der Waals surface area contributed by atoms with Gasteiger partial charge in [-0.05, 0) is 112 Å². The van der Waals surface area contributed by atoms with Gasteiger partial charge in [0.2, 0.25) is 0 Å². The van der Waals surface area contributed by atoms with Gasteiger partial charge in [0.15, 0.2) is 0 Å². The Morgan fingerprint density at radius 2 is 0.758 bits per heavy atom. The molecule has 0 amide bonds. The van der Waals surface area contributed by atoms with Crippen LogP contribution in [0.3, 0.4) is 0 Å². The molecule has 13 rings (SSSR count). The predicted molar refractivity (Wildman–Crippen MR) is 261 cm³/mol. The van der Waals surface area contributed by atoms with Gasteiger partial charge in [-0.1, -0.05) is 212 Å². The first-order valence-corrected chi connectivity index (χ1v) is 21.6. The molecule has 2 aliphatic rings. The summed E-state index contributed by atoms with van der Waals surface area (Å²) < 4.78 is 0. The maximum atomic E-state index is 2.55. The summed E-state index contributed by atoms with van der Waals surface area (Å²) in [6, 6.07) is 87.9. The van der Waals surface area contributed by atoms with E-state index < -0.39 is 5.41 Å². The van der Waals surface area contributed by atoms with Gasteiger partial charge in [-0.2, -0.15) is 0 Å². The number of hydrogen-bond donors (Lipinski definition) is 0. The SMILES string of the molecule is c1ccc(-c2ccc(-c3ccccc3)c(N(c3ccccc3)c3cc4c(c5ccccc35)C3(c5ccccc5-c5ccccc53)c3c-4c4ccccc4c4ccccc34)c2)cc1. The Morgan fingerprint density at radius 3 is 1.40 bits per heavy atom. The summed E-state index contributed by atoms with van der Waals surface area (Å²) in [7, 11) is 0. The maximum Gasteiger partial charge on any atom is 0.0737 e. The van der Waals surface area contributed by atoms with Crippen LogP contribution in [-0.2, 0) is 5.41 Å². The summed E-state index contributed by atoms with van der Waals surface area (Å²) in [6.45, 7) is 0. The molecule has 1 spiro atoms. The zero-order valence-corrected chi connectivity index (χ0v) is 34.0. The molecule has 62 heavy (non-hydrogen) atoms. The van der Waals surface area contributed by atoms with E-state index in [-0.39, 0.29) is 0 Å². The number of para-hydroxylation sites is 1. The van der Waals surface area contributed by atoms with E-state index >= 15 is 0 Å². The van der Waals surface area contributed by atoms with E-state index in [0.717, 1.165) is 17.1 Å². The Hall–Kier alpha value is -8.00. The van der Waals surface area contributed by atoms with Gasteiger partial charge in [0.25, 0.3) is 0 Å². The molecule has 0 heterocycles. The van der Waals surface area contributed by atoms with Crippen LogP contribution in [0.1, 0.15) is 22.3 Å². The molecular weight excluding hydrogens is 747 g/mol. The van der Waals surface area contributed by atoms with E-state index in [1.807, 2.05) is 0 Å². The van der Waals surface area contributed by atoms with Gasteiger partial charge >= 0.3 is 0 Å². The second-order valence-corrected chi connectivity index (χ2v) is 16.7. The quantitative estimate of drug-likeness (QED) is 0.157. The largest absolute Gasteiger partial charge is 0.309 e. The Morgan fingerprint density at radius 1 is 0.274 bits per heavy atom. The van der Waals surface area contributed by atoms with Crippen LogP contribution >= 0.6 is 0 Å². The Kier molecular flexibility index (Phi) is 7.59. The van der Waals surface area contributed by atoms with Crippen LogP contribution in [0, 0.1) is 0 Å². The minimum atomic E-state index is -0.556. The van der Waals surface area contributed by atoms with Gasteiger partial charge in [0.1, 0.15) is 0 Å². The fourth-order valence-corrected chi connectivity index (χ4v) is 11.2. The zero-order chi connectivity index (χ0) is 40.8. The molecule has 0 aliphatic heterocycles. The molecule has 0 saturated heterocycles. The molecule has 11 aromatic rings. The lowest BCUT2D eigenvalue weighted by Crippen LogP contribution is -2.26. The molecule has 0 aromatic heterocycles. The van der Waals surface area contributed by atoms with Crippen LogP contribution in [0.4, 0.5) is 17.1 Å². The molecule has 0 unspecified atom stereocenters. The lowest BCUT2D eigenvalue weighted by atomic mass is 9.68. The molecular formula is C61H39N. The van der Waals surface area contributed by atoms with Crippen LogP contribution in [0.5, 0.6) is 0 Å². The number of rotatable bonds is 5. The standard InChI is InChI=1S/C61H39N/c1-4-20-40(21-5-1)42-36-37-44(41-22-6-2-7-23-41)56(38-42)62(43-24-8-3-9-25-43)57-39-53-58-50-31-13-10-26-45(50)46-27-11-14-32-51(46)60(58)61(59(53)52-33-15-12-30-49(52)57)54-34-18-16-28-47(54)48-29-17-19-35-55(48)61/h1-39H. The molecule has 0 atom stereocenters. The third-order valence-electron chi connectivity index (χ3n) is 13.6. The molecule has 1 nitrogen and oxygen atoms in total. The maximum absolute atomic E-state index is 2.55. The van der Waals surface area contributed by atoms with Gasteiger partial charge in [-0.25, -0.2) is 0 Å². The molecule has 0 N–H and O–H groups in total. The fraction of sp³-hybridized carbons (Fsp3) is 0.0164. The smallest absolute Gasteiger partial charge is 0.0737 e. The molecule has 0 bridgehead atoms. The van der Waals surface area contributed by atoms with Gasteiger partial charge in [-0.3, -0.25) is 0 Å². The van der Waals surface area contributed by atoms with E-state index in [4.69, 9.17) is 0 Å². The summed E-state index contributed by atoms with van der Waals surface area (Å²) in [4.78, 5) is 2.53. The third-order valence-corrected chi connectivity index (χ3v) is 13.6. The van der Waals surface area contributed by atoms with Crippen molar-refractivity contribution in [3.8, 4) is 44.5 Å². The van der Waals surface area contributed by atoms with E-state index in [1.54, 1.807) is 0 Å². The first kappa shape index (κ1) is 34.8. The minimum Gasteiger partial charge on any atom is -0.309 e. The fourth-order valence-electron chi connectivity index (χ4n) is 11.2. The second kappa shape index (κ2) is 13.5. The zero-order valence-electron chi connectivity index (χ0n) is 34.0. The van der Waals surface area contributed by atoms with Crippen molar-refractivity contribution >= 4 is 49.4 Å². The first-order valence-electron chi connectivity index (χ1n) is 21.6. The predicted octanol–water partition coefficient (Wildman–Crippen LogP) is 16.3. The number of hydrogen-bond acceptors (Lipinski definition) is 1. The van der Waals surface area contributed by atoms with E-state index in [9.17, 15) is 0 Å². The van der Waals surface area contributed by atoms with Crippen molar-refractivity contribution in [3.05, 3.63) is 259 Å². The van der Waals surface area contributed by atoms with Crippen molar-refractivity contribution in [2.45, 2.75) is 5.41 Å². The molecule has 288 valence electrons. The monoisotopic (exact) mass is 785 g/mol. The van der Waals surface area contributed by atoms with Crippen LogP contribution in [-0.4, -0.2) is 0 Å². The third kappa shape index (κ3) is 4.79. The highest BCUT2D eigenvalue weighted by Gasteiger charge is 2.54. The van der Waals surface area contributed by atoms with Crippen LogP contribution < -0.4 is 4.90 Å². The molecule has 0 radical (unpaired) electrons. The highest BCUT2D eigenvalue weighted by Crippen LogP contribution is 2.67. The van der Waals surface area contributed by atoms with Crippen molar-refractivity contribution in [1.29, 1.82) is 0 Å². The number of fused-ring (bicyclic) bond motifs is 17. The van der Waals surface area contributed by atoms with Gasteiger partial charge in [0, 0.05) is 16.6 Å². The minimum absolute atomic E-state index is 0.556. The summed E-state index contributed by atoms with van der Waals surface area (Å²) >= 11 is 0. The van der Waals surface area contributed by atoms with Crippen molar-refractivity contribution < 1.29 is 0 Å². The van der Waals surface area contributed by atoms with Gasteiger partial charge in [0.05, 0.1) is 16.8 Å². The Bertz CT molecular complexity index is 3520. The average molecular weight is 786 g/mol. The highest BCUT2D eigenvalue weighted by molar-refractivity contribution is 6.22. The van der Waals surface area contributed by atoms with Crippen LogP contribution in [0.2, 0.25) is 0 Å². The van der Waals surface area contributed by atoms with Crippen LogP contribution in [0.15, 0.2) is 237 Å². The molecule has 2 aliphatic carbocycles. The van der Waals surface area contributed by atoms with Crippen LogP contribution in [0.25, 0.3) is 76.8 Å². The van der Waals surface area contributed by atoms with Crippen molar-refractivity contribution in [2.24, 2.45) is 0 Å². The second-order valence-electron chi connectivity index (χ2n) is 16.7. The Balaban J connectivity index is 1.23. The Labute approximate surface area is 361 Å².